The number of aliphatic hydroxyl groups is 1. The molecule has 0 radical (unpaired) electrons. The number of rotatable bonds is 7. The molecule has 1 atom stereocenters. The molecule has 1 fully saturated rings. The van der Waals surface area contributed by atoms with Gasteiger partial charge in [-0.15, -0.1) is 0 Å². The van der Waals surface area contributed by atoms with Crippen molar-refractivity contribution < 1.29 is 18.7 Å². The van der Waals surface area contributed by atoms with Gasteiger partial charge in [-0.1, -0.05) is 6.07 Å². The lowest BCUT2D eigenvalue weighted by Crippen LogP contribution is -2.33. The molecule has 22 heavy (non-hydrogen) atoms. The highest BCUT2D eigenvalue weighted by molar-refractivity contribution is 5.94. The van der Waals surface area contributed by atoms with Crippen LogP contribution in [0.1, 0.15) is 36.0 Å². The zero-order valence-electron chi connectivity index (χ0n) is 12.5. The molecule has 1 aliphatic rings. The summed E-state index contributed by atoms with van der Waals surface area (Å²) in [5, 5.41) is 11.8. The number of nitrogens with zero attached hydrogens (tertiary/aromatic N) is 1. The van der Waals surface area contributed by atoms with Gasteiger partial charge in [-0.2, -0.15) is 0 Å². The molecule has 6 heteroatoms. The number of hydrogen-bond donors (Lipinski definition) is 2. The highest BCUT2D eigenvalue weighted by Crippen LogP contribution is 2.17. The summed E-state index contributed by atoms with van der Waals surface area (Å²) in [5.41, 5.74) is -0.264. The van der Waals surface area contributed by atoms with Gasteiger partial charge in [0.1, 0.15) is 0 Å². The van der Waals surface area contributed by atoms with Gasteiger partial charge in [0.05, 0.1) is 12.2 Å². The number of unbranched alkanes of at least 4 members (excludes halogenated alkanes) is 1. The molecule has 1 amide bonds. The van der Waals surface area contributed by atoms with E-state index in [-0.39, 0.29) is 18.2 Å². The molecule has 1 aromatic rings. The van der Waals surface area contributed by atoms with Crippen molar-refractivity contribution in [3.05, 3.63) is 35.4 Å². The van der Waals surface area contributed by atoms with Gasteiger partial charge in [0.2, 0.25) is 0 Å². The van der Waals surface area contributed by atoms with Gasteiger partial charge in [-0.05, 0) is 50.9 Å². The molecule has 4 nitrogen and oxygen atoms in total. The Hall–Kier alpha value is -1.53. The zero-order valence-corrected chi connectivity index (χ0v) is 12.5. The summed E-state index contributed by atoms with van der Waals surface area (Å²) in [5.74, 6) is -2.72. The van der Waals surface area contributed by atoms with E-state index < -0.39 is 17.5 Å². The predicted molar refractivity (Wildman–Crippen MR) is 79.6 cm³/mol. The Labute approximate surface area is 129 Å². The van der Waals surface area contributed by atoms with Crippen LogP contribution in [-0.2, 0) is 0 Å². The smallest absolute Gasteiger partial charge is 0.254 e. The predicted octanol–water partition coefficient (Wildman–Crippen LogP) is 1.93. The third-order valence-electron chi connectivity index (χ3n) is 4.06. The first-order valence-electron chi connectivity index (χ1n) is 7.70. The van der Waals surface area contributed by atoms with Crippen molar-refractivity contribution in [2.24, 2.45) is 0 Å². The van der Waals surface area contributed by atoms with Crippen LogP contribution in [0, 0.1) is 11.6 Å². The number of hydrogen-bond acceptors (Lipinski definition) is 3. The number of amides is 1. The van der Waals surface area contributed by atoms with Gasteiger partial charge in [0.25, 0.3) is 5.91 Å². The van der Waals surface area contributed by atoms with E-state index in [0.29, 0.717) is 6.54 Å². The van der Waals surface area contributed by atoms with Crippen LogP contribution in [0.4, 0.5) is 8.78 Å². The average Bonchev–Trinajstić information content (AvgIpc) is 2.97. The third kappa shape index (κ3) is 4.24. The Morgan fingerprint density at radius 2 is 2.18 bits per heavy atom. The summed E-state index contributed by atoms with van der Waals surface area (Å²) in [6.45, 7) is 2.50. The van der Waals surface area contributed by atoms with Crippen LogP contribution in [0.3, 0.4) is 0 Å². The lowest BCUT2D eigenvalue weighted by atomic mass is 10.2. The van der Waals surface area contributed by atoms with Gasteiger partial charge in [0.15, 0.2) is 11.6 Å². The molecular formula is C16H22F2N2O2. The minimum absolute atomic E-state index is 0.190. The highest BCUT2D eigenvalue weighted by Gasteiger charge is 2.22. The summed E-state index contributed by atoms with van der Waals surface area (Å²) in [4.78, 5) is 14.0. The molecule has 2 N–H and O–H groups in total. The summed E-state index contributed by atoms with van der Waals surface area (Å²) in [6.07, 6.45) is 3.80. The molecule has 1 saturated heterocycles. The van der Waals surface area contributed by atoms with E-state index >= 15 is 0 Å². The fourth-order valence-corrected chi connectivity index (χ4v) is 2.81. The Balaban J connectivity index is 1.68. The van der Waals surface area contributed by atoms with Gasteiger partial charge < -0.3 is 10.4 Å². The number of aliphatic hydroxyl groups excluding tert-OH is 1. The second-order valence-electron chi connectivity index (χ2n) is 5.58. The first-order valence-corrected chi connectivity index (χ1v) is 7.70. The fourth-order valence-electron chi connectivity index (χ4n) is 2.81. The minimum Gasteiger partial charge on any atom is -0.395 e. The van der Waals surface area contributed by atoms with Crippen LogP contribution in [0.2, 0.25) is 0 Å². The van der Waals surface area contributed by atoms with Gasteiger partial charge in [0, 0.05) is 12.6 Å². The molecule has 122 valence electrons. The van der Waals surface area contributed by atoms with Crippen molar-refractivity contribution in [2.75, 3.05) is 26.2 Å². The van der Waals surface area contributed by atoms with Crippen molar-refractivity contribution in [1.82, 2.24) is 10.2 Å². The Morgan fingerprint density at radius 3 is 2.95 bits per heavy atom. The van der Waals surface area contributed by atoms with E-state index in [9.17, 15) is 18.7 Å². The van der Waals surface area contributed by atoms with Gasteiger partial charge >= 0.3 is 0 Å². The lowest BCUT2D eigenvalue weighted by Gasteiger charge is -2.22. The van der Waals surface area contributed by atoms with Gasteiger partial charge in [-0.25, -0.2) is 8.78 Å². The van der Waals surface area contributed by atoms with Crippen molar-refractivity contribution in [3.63, 3.8) is 0 Å². The van der Waals surface area contributed by atoms with Crippen LogP contribution in [-0.4, -0.2) is 48.2 Å². The number of halogens is 2. The normalized spacial score (nSPS) is 18.6. The Kier molecular flexibility index (Phi) is 6.27. The maximum absolute atomic E-state index is 13.4. The van der Waals surface area contributed by atoms with Crippen LogP contribution < -0.4 is 5.32 Å². The van der Waals surface area contributed by atoms with Crippen molar-refractivity contribution in [2.45, 2.75) is 31.7 Å². The molecular weight excluding hydrogens is 290 g/mol. The third-order valence-corrected chi connectivity index (χ3v) is 4.06. The zero-order chi connectivity index (χ0) is 15.9. The first kappa shape index (κ1) is 16.8. The molecule has 1 unspecified atom stereocenters. The SMILES string of the molecule is O=C(NCCCCN1CCCC1CO)c1cccc(F)c1F. The molecule has 0 bridgehead atoms. The number of carbonyl (C=O) groups excluding carboxylic acids is 1. The number of nitrogens with one attached hydrogen (secondary N) is 1. The Bertz CT molecular complexity index is 511. The maximum atomic E-state index is 13.4. The summed E-state index contributed by atoms with van der Waals surface area (Å²) >= 11 is 0. The van der Waals surface area contributed by atoms with Crippen LogP contribution in [0.5, 0.6) is 0 Å². The molecule has 1 aromatic carbocycles. The molecule has 0 aliphatic carbocycles. The monoisotopic (exact) mass is 312 g/mol. The fraction of sp³-hybridized carbons (Fsp3) is 0.562. The topological polar surface area (TPSA) is 52.6 Å². The van der Waals surface area contributed by atoms with Crippen molar-refractivity contribution in [3.8, 4) is 0 Å². The highest BCUT2D eigenvalue weighted by atomic mass is 19.2. The van der Waals surface area contributed by atoms with E-state index in [1.807, 2.05) is 0 Å². The maximum Gasteiger partial charge on any atom is 0.254 e. The molecule has 1 aliphatic heterocycles. The first-order chi connectivity index (χ1) is 10.6. The standard InChI is InChI=1S/C16H22F2N2O2/c17-14-7-3-6-13(15(14)18)16(22)19-8-1-2-9-20-10-4-5-12(20)11-21/h3,6-7,12,21H,1-2,4-5,8-11H2,(H,19,22). The summed E-state index contributed by atoms with van der Waals surface area (Å²) in [7, 11) is 0. The van der Waals surface area contributed by atoms with Crippen molar-refractivity contribution >= 4 is 5.91 Å². The number of benzene rings is 1. The van der Waals surface area contributed by atoms with E-state index in [2.05, 4.69) is 10.2 Å². The van der Waals surface area contributed by atoms with E-state index in [0.717, 1.165) is 44.8 Å². The van der Waals surface area contributed by atoms with E-state index in [4.69, 9.17) is 0 Å². The molecule has 0 saturated carbocycles. The van der Waals surface area contributed by atoms with Crippen LogP contribution >= 0.6 is 0 Å². The van der Waals surface area contributed by atoms with Gasteiger partial charge in [-0.3, -0.25) is 9.69 Å². The molecule has 2 rings (SSSR count). The molecule has 0 aromatic heterocycles. The second-order valence-corrected chi connectivity index (χ2v) is 5.58. The average molecular weight is 312 g/mol. The Morgan fingerprint density at radius 1 is 1.36 bits per heavy atom. The molecule has 1 heterocycles. The van der Waals surface area contributed by atoms with Crippen LogP contribution in [0.15, 0.2) is 18.2 Å². The lowest BCUT2D eigenvalue weighted by molar-refractivity contribution is 0.0947. The molecule has 0 spiro atoms. The van der Waals surface area contributed by atoms with Crippen molar-refractivity contribution in [1.29, 1.82) is 0 Å². The largest absolute Gasteiger partial charge is 0.395 e. The summed E-state index contributed by atoms with van der Waals surface area (Å²) in [6, 6.07) is 3.83. The minimum atomic E-state index is -1.11. The van der Waals surface area contributed by atoms with E-state index in [1.165, 1.54) is 12.1 Å². The van der Waals surface area contributed by atoms with E-state index in [1.54, 1.807) is 0 Å². The second kappa shape index (κ2) is 8.19. The number of carbonyl (C=O) groups is 1. The quantitative estimate of drug-likeness (QED) is 0.757. The summed E-state index contributed by atoms with van der Waals surface area (Å²) < 4.78 is 26.5. The number of likely N-dealkylation sites (tertiary alicyclic amines) is 1. The van der Waals surface area contributed by atoms with Crippen LogP contribution in [0.25, 0.3) is 0 Å².